The number of piperidine rings is 1. The predicted octanol–water partition coefficient (Wildman–Crippen LogP) is 4.03. The summed E-state index contributed by atoms with van der Waals surface area (Å²) < 4.78 is 5.28. The Morgan fingerprint density at radius 1 is 1.19 bits per heavy atom. The van der Waals surface area contributed by atoms with E-state index in [0.29, 0.717) is 13.0 Å². The number of nitrogens with one attached hydrogen (secondary N) is 1. The number of aryl methyl sites for hydroxylation is 1. The molecule has 1 saturated heterocycles. The smallest absolute Gasteiger partial charge is 0.220 e. The molecule has 2 heterocycles. The van der Waals surface area contributed by atoms with Crippen LogP contribution in [0.5, 0.6) is 5.75 Å². The van der Waals surface area contributed by atoms with E-state index >= 15 is 0 Å². The molecular weight excluding hydrogens is 344 g/mol. The topological polar surface area (TPSA) is 41.6 Å². The van der Waals surface area contributed by atoms with Crippen molar-refractivity contribution < 1.29 is 9.53 Å². The first-order valence-corrected chi connectivity index (χ1v) is 10.3. The molecular formula is C21H28N2O2S. The van der Waals surface area contributed by atoms with Crippen molar-refractivity contribution in [1.82, 2.24) is 10.2 Å². The highest BCUT2D eigenvalue weighted by Crippen LogP contribution is 2.26. The van der Waals surface area contributed by atoms with Crippen LogP contribution < -0.4 is 10.1 Å². The van der Waals surface area contributed by atoms with Gasteiger partial charge in [0.25, 0.3) is 0 Å². The first-order valence-electron chi connectivity index (χ1n) is 9.43. The van der Waals surface area contributed by atoms with E-state index in [1.54, 1.807) is 18.4 Å². The van der Waals surface area contributed by atoms with Crippen molar-refractivity contribution >= 4 is 17.2 Å². The summed E-state index contributed by atoms with van der Waals surface area (Å²) in [6.45, 7) is 2.86. The van der Waals surface area contributed by atoms with Crippen LogP contribution >= 0.6 is 11.3 Å². The molecule has 4 nitrogen and oxygen atoms in total. The Labute approximate surface area is 160 Å². The Hall–Kier alpha value is -1.85. The second kappa shape index (κ2) is 9.74. The third-order valence-corrected chi connectivity index (χ3v) is 5.94. The van der Waals surface area contributed by atoms with E-state index in [4.69, 9.17) is 4.74 Å². The monoisotopic (exact) mass is 372 g/mol. The Bertz CT molecular complexity index is 664. The summed E-state index contributed by atoms with van der Waals surface area (Å²) in [5.41, 5.74) is 1.24. The van der Waals surface area contributed by atoms with Crippen LogP contribution in [-0.2, 0) is 11.2 Å². The molecule has 1 aromatic carbocycles. The van der Waals surface area contributed by atoms with Gasteiger partial charge in [0.05, 0.1) is 13.2 Å². The van der Waals surface area contributed by atoms with Gasteiger partial charge in [-0.25, -0.2) is 0 Å². The average molecular weight is 373 g/mol. The van der Waals surface area contributed by atoms with Crippen molar-refractivity contribution in [3.63, 3.8) is 0 Å². The number of nitrogens with zero attached hydrogens (tertiary/aromatic N) is 1. The van der Waals surface area contributed by atoms with Crippen molar-refractivity contribution in [2.24, 2.45) is 0 Å². The van der Waals surface area contributed by atoms with Crippen LogP contribution in [0.3, 0.4) is 0 Å². The number of hydrogen-bond acceptors (Lipinski definition) is 4. The molecule has 1 fully saturated rings. The van der Waals surface area contributed by atoms with Gasteiger partial charge in [0.2, 0.25) is 5.91 Å². The van der Waals surface area contributed by atoms with Crippen molar-refractivity contribution in [3.8, 4) is 5.75 Å². The van der Waals surface area contributed by atoms with Gasteiger partial charge < -0.3 is 10.1 Å². The molecule has 0 bridgehead atoms. The summed E-state index contributed by atoms with van der Waals surface area (Å²) >= 11 is 1.71. The summed E-state index contributed by atoms with van der Waals surface area (Å²) in [4.78, 5) is 16.1. The van der Waals surface area contributed by atoms with Crippen LogP contribution in [-0.4, -0.2) is 37.6 Å². The molecule has 0 radical (unpaired) electrons. The van der Waals surface area contributed by atoms with Crippen LogP contribution in [0.4, 0.5) is 0 Å². The van der Waals surface area contributed by atoms with Gasteiger partial charge in [-0.15, -0.1) is 11.3 Å². The van der Waals surface area contributed by atoms with Gasteiger partial charge in [-0.3, -0.25) is 9.69 Å². The van der Waals surface area contributed by atoms with Crippen molar-refractivity contribution in [2.75, 3.05) is 26.7 Å². The number of likely N-dealkylation sites (tertiary alicyclic amines) is 1. The van der Waals surface area contributed by atoms with Gasteiger partial charge in [-0.05, 0) is 61.5 Å². The lowest BCUT2D eigenvalue weighted by atomic mass is 10.0. The maximum Gasteiger partial charge on any atom is 0.220 e. The maximum atomic E-state index is 12.3. The molecule has 5 heteroatoms. The number of carbonyl (C=O) groups excluding carboxylic acids is 1. The summed E-state index contributed by atoms with van der Waals surface area (Å²) in [5.74, 6) is 1.00. The minimum absolute atomic E-state index is 0.133. The van der Waals surface area contributed by atoms with Crippen LogP contribution in [0.25, 0.3) is 0 Å². The fourth-order valence-corrected chi connectivity index (χ4v) is 4.21. The van der Waals surface area contributed by atoms with E-state index in [1.807, 2.05) is 18.2 Å². The fourth-order valence-electron chi connectivity index (χ4n) is 3.50. The summed E-state index contributed by atoms with van der Waals surface area (Å²) in [6, 6.07) is 12.6. The minimum Gasteiger partial charge on any atom is -0.497 e. The van der Waals surface area contributed by atoms with E-state index in [9.17, 15) is 4.79 Å². The average Bonchev–Trinajstić information content (AvgIpc) is 3.21. The third-order valence-electron chi connectivity index (χ3n) is 5.00. The number of carbonyl (C=O) groups is 1. The molecule has 0 spiro atoms. The number of thiophene rings is 1. The Morgan fingerprint density at radius 3 is 2.62 bits per heavy atom. The van der Waals surface area contributed by atoms with E-state index in [2.05, 4.69) is 33.8 Å². The van der Waals surface area contributed by atoms with E-state index in [-0.39, 0.29) is 11.9 Å². The lowest BCUT2D eigenvalue weighted by Gasteiger charge is -2.35. The zero-order valence-electron chi connectivity index (χ0n) is 15.4. The van der Waals surface area contributed by atoms with Gasteiger partial charge in [0, 0.05) is 17.8 Å². The summed E-state index contributed by atoms with van der Waals surface area (Å²) in [5, 5.41) is 5.22. The van der Waals surface area contributed by atoms with E-state index in [0.717, 1.165) is 25.3 Å². The van der Waals surface area contributed by atoms with Gasteiger partial charge >= 0.3 is 0 Å². The molecule has 1 amide bonds. The number of amides is 1. The number of methoxy groups -OCH3 is 1. The number of benzene rings is 1. The highest BCUT2D eigenvalue weighted by Gasteiger charge is 2.22. The molecule has 3 rings (SSSR count). The van der Waals surface area contributed by atoms with Crippen LogP contribution in [0.15, 0.2) is 41.8 Å². The Morgan fingerprint density at radius 2 is 1.96 bits per heavy atom. The molecule has 1 aliphatic rings. The molecule has 140 valence electrons. The van der Waals surface area contributed by atoms with E-state index in [1.165, 1.54) is 29.7 Å². The first-order chi connectivity index (χ1) is 12.8. The van der Waals surface area contributed by atoms with Gasteiger partial charge in [-0.1, -0.05) is 24.6 Å². The van der Waals surface area contributed by atoms with E-state index < -0.39 is 0 Å². The van der Waals surface area contributed by atoms with Gasteiger partial charge in [0.1, 0.15) is 5.75 Å². The van der Waals surface area contributed by atoms with Crippen molar-refractivity contribution in [3.05, 3.63) is 52.2 Å². The predicted molar refractivity (Wildman–Crippen MR) is 107 cm³/mol. The zero-order chi connectivity index (χ0) is 18.2. The molecule has 2 aromatic rings. The molecule has 1 N–H and O–H groups in total. The summed E-state index contributed by atoms with van der Waals surface area (Å²) in [7, 11) is 1.69. The molecule has 1 aromatic heterocycles. The van der Waals surface area contributed by atoms with Crippen LogP contribution in [0, 0.1) is 0 Å². The van der Waals surface area contributed by atoms with Gasteiger partial charge in [-0.2, -0.15) is 0 Å². The second-order valence-corrected chi connectivity index (χ2v) is 7.80. The highest BCUT2D eigenvalue weighted by molar-refractivity contribution is 7.09. The maximum absolute atomic E-state index is 12.3. The third kappa shape index (κ3) is 5.32. The van der Waals surface area contributed by atoms with Crippen molar-refractivity contribution in [1.29, 1.82) is 0 Å². The number of hydrogen-bond donors (Lipinski definition) is 1. The summed E-state index contributed by atoms with van der Waals surface area (Å²) in [6.07, 6.45) is 5.15. The molecule has 1 atom stereocenters. The Balaban J connectivity index is 1.59. The quantitative estimate of drug-likeness (QED) is 0.761. The van der Waals surface area contributed by atoms with Gasteiger partial charge in [0.15, 0.2) is 0 Å². The number of ether oxygens (including phenoxy) is 1. The first kappa shape index (κ1) is 18.9. The van der Waals surface area contributed by atoms with Crippen LogP contribution in [0.1, 0.15) is 42.2 Å². The zero-order valence-corrected chi connectivity index (χ0v) is 16.3. The molecule has 0 unspecified atom stereocenters. The normalized spacial score (nSPS) is 16.2. The highest BCUT2D eigenvalue weighted by atomic mass is 32.1. The number of rotatable bonds is 8. The standard InChI is InChI=1S/C21H28N2O2S/c1-25-18-9-7-17(8-10-18)20(23-13-3-2-4-14-23)16-22-21(24)12-11-19-6-5-15-26-19/h5-10,15,20H,2-4,11-14,16H2,1H3,(H,22,24)/t20-/m1/s1. The molecule has 0 saturated carbocycles. The van der Waals surface area contributed by atoms with Crippen LogP contribution in [0.2, 0.25) is 0 Å². The molecule has 26 heavy (non-hydrogen) atoms. The lowest BCUT2D eigenvalue weighted by Crippen LogP contribution is -2.40. The fraction of sp³-hybridized carbons (Fsp3) is 0.476. The van der Waals surface area contributed by atoms with Crippen molar-refractivity contribution in [2.45, 2.75) is 38.1 Å². The SMILES string of the molecule is COc1ccc([C@@H](CNC(=O)CCc2cccs2)N2CCCCC2)cc1. The molecule has 1 aliphatic heterocycles. The Kier molecular flexibility index (Phi) is 7.09. The largest absolute Gasteiger partial charge is 0.497 e. The minimum atomic E-state index is 0.133. The molecule has 0 aliphatic carbocycles. The lowest BCUT2D eigenvalue weighted by molar-refractivity contribution is -0.121. The second-order valence-electron chi connectivity index (χ2n) is 6.77.